The molecule has 1 N–H and O–H groups in total. The zero-order valence-electron chi connectivity index (χ0n) is 10.8. The summed E-state index contributed by atoms with van der Waals surface area (Å²) in [5.74, 6) is 1.72. The molecule has 18 heavy (non-hydrogen) atoms. The van der Waals surface area contributed by atoms with Gasteiger partial charge in [-0.3, -0.25) is 0 Å². The van der Waals surface area contributed by atoms with Crippen LogP contribution in [0.1, 0.15) is 23.3 Å². The van der Waals surface area contributed by atoms with Crippen LogP contribution >= 0.6 is 23.1 Å². The van der Waals surface area contributed by atoms with Crippen molar-refractivity contribution in [1.82, 2.24) is 20.2 Å². The molecule has 0 radical (unpaired) electrons. The number of aromatic nitrogens is 4. The first-order valence-corrected chi connectivity index (χ1v) is 7.30. The molecule has 7 heteroatoms. The summed E-state index contributed by atoms with van der Waals surface area (Å²) in [5, 5.41) is 13.1. The molecule has 0 aliphatic heterocycles. The topological polar surface area (TPSA) is 63.6 Å². The first-order chi connectivity index (χ1) is 8.63. The minimum atomic E-state index is 0.817. The molecular weight excluding hydrogens is 266 g/mol. The van der Waals surface area contributed by atoms with E-state index in [9.17, 15) is 0 Å². The van der Waals surface area contributed by atoms with E-state index in [-0.39, 0.29) is 0 Å². The molecule has 5 nitrogen and oxygen atoms in total. The second kappa shape index (κ2) is 5.62. The average molecular weight is 281 g/mol. The molecule has 2 heterocycles. The van der Waals surface area contributed by atoms with Crippen molar-refractivity contribution in [3.05, 3.63) is 16.4 Å². The van der Waals surface area contributed by atoms with Crippen molar-refractivity contribution in [3.8, 4) is 0 Å². The Morgan fingerprint density at radius 1 is 1.22 bits per heavy atom. The largest absolute Gasteiger partial charge is 0.373 e. The maximum Gasteiger partial charge on any atom is 0.180 e. The maximum atomic E-state index is 4.55. The van der Waals surface area contributed by atoms with Gasteiger partial charge in [-0.2, -0.15) is 0 Å². The fourth-order valence-electron chi connectivity index (χ4n) is 1.44. The molecule has 0 aliphatic rings. The molecule has 2 aromatic heterocycles. The summed E-state index contributed by atoms with van der Waals surface area (Å²) in [7, 11) is 1.87. The van der Waals surface area contributed by atoms with Crippen molar-refractivity contribution >= 4 is 28.9 Å². The van der Waals surface area contributed by atoms with E-state index in [1.807, 2.05) is 27.8 Å². The van der Waals surface area contributed by atoms with Crippen molar-refractivity contribution in [2.75, 3.05) is 12.4 Å². The Labute approximate surface area is 114 Å². The first kappa shape index (κ1) is 13.2. The molecule has 0 bridgehead atoms. The summed E-state index contributed by atoms with van der Waals surface area (Å²) >= 11 is 3.13. The first-order valence-electron chi connectivity index (χ1n) is 5.67. The van der Waals surface area contributed by atoms with Gasteiger partial charge >= 0.3 is 0 Å². The number of hydrogen-bond acceptors (Lipinski definition) is 7. The predicted octanol–water partition coefficient (Wildman–Crippen LogP) is 2.70. The Kier molecular flexibility index (Phi) is 4.13. The average Bonchev–Trinajstić information content (AvgIpc) is 2.77. The minimum Gasteiger partial charge on any atom is -0.373 e. The highest BCUT2D eigenvalue weighted by molar-refractivity contribution is 8.01. The smallest absolute Gasteiger partial charge is 0.180 e. The molecule has 0 spiro atoms. The van der Waals surface area contributed by atoms with Crippen LogP contribution in [0.2, 0.25) is 0 Å². The molecule has 0 atom stereocenters. The molecule has 2 rings (SSSR count). The quantitative estimate of drug-likeness (QED) is 0.869. The van der Waals surface area contributed by atoms with Crippen LogP contribution in [-0.4, -0.2) is 27.2 Å². The van der Waals surface area contributed by atoms with E-state index in [0.717, 1.165) is 38.0 Å². The van der Waals surface area contributed by atoms with Gasteiger partial charge in [0.25, 0.3) is 0 Å². The zero-order valence-corrected chi connectivity index (χ0v) is 12.4. The van der Waals surface area contributed by atoms with E-state index in [1.165, 1.54) is 0 Å². The number of nitrogens with zero attached hydrogens (tertiary/aromatic N) is 4. The number of hydrogen-bond donors (Lipinski definition) is 1. The number of rotatable bonds is 4. The zero-order chi connectivity index (χ0) is 13.1. The van der Waals surface area contributed by atoms with Crippen molar-refractivity contribution in [1.29, 1.82) is 0 Å². The van der Waals surface area contributed by atoms with E-state index < -0.39 is 0 Å². The standard InChI is InChI=1S/C11H15N5S2/c1-5-8-13-9(12-4)6(2)10(14-8)18-11-16-15-7(3)17-11/h5H2,1-4H3,(H,12,13,14). The summed E-state index contributed by atoms with van der Waals surface area (Å²) in [6.45, 7) is 6.01. The highest BCUT2D eigenvalue weighted by Crippen LogP contribution is 2.32. The SMILES string of the molecule is CCc1nc(NC)c(C)c(Sc2nnc(C)s2)n1. The number of anilines is 1. The Hall–Kier alpha value is -1.21. The lowest BCUT2D eigenvalue weighted by atomic mass is 10.3. The molecular formula is C11H15N5S2. The van der Waals surface area contributed by atoms with Gasteiger partial charge < -0.3 is 5.32 Å². The Balaban J connectivity index is 2.36. The number of aryl methyl sites for hydroxylation is 2. The third-order valence-electron chi connectivity index (χ3n) is 2.39. The van der Waals surface area contributed by atoms with Crippen LogP contribution in [0, 0.1) is 13.8 Å². The Morgan fingerprint density at radius 3 is 2.56 bits per heavy atom. The van der Waals surface area contributed by atoms with Crippen LogP contribution in [0.25, 0.3) is 0 Å². The van der Waals surface area contributed by atoms with Crippen molar-refractivity contribution < 1.29 is 0 Å². The summed E-state index contributed by atoms with van der Waals surface area (Å²) in [4.78, 5) is 9.00. The van der Waals surface area contributed by atoms with E-state index in [2.05, 4.69) is 25.5 Å². The maximum absolute atomic E-state index is 4.55. The van der Waals surface area contributed by atoms with Crippen LogP contribution in [-0.2, 0) is 6.42 Å². The molecule has 0 fully saturated rings. The molecule has 0 amide bonds. The van der Waals surface area contributed by atoms with Gasteiger partial charge in [-0.25, -0.2) is 9.97 Å². The summed E-state index contributed by atoms with van der Waals surface area (Å²) in [6, 6.07) is 0. The van der Waals surface area contributed by atoms with Crippen LogP contribution in [0.3, 0.4) is 0 Å². The monoisotopic (exact) mass is 281 g/mol. The predicted molar refractivity (Wildman–Crippen MR) is 74.5 cm³/mol. The van der Waals surface area contributed by atoms with Crippen molar-refractivity contribution in [2.45, 2.75) is 36.6 Å². The van der Waals surface area contributed by atoms with E-state index >= 15 is 0 Å². The van der Waals surface area contributed by atoms with Gasteiger partial charge in [0.2, 0.25) is 0 Å². The van der Waals surface area contributed by atoms with Crippen LogP contribution in [0.4, 0.5) is 5.82 Å². The molecule has 0 saturated carbocycles. The second-order valence-electron chi connectivity index (χ2n) is 3.71. The molecule has 0 saturated heterocycles. The van der Waals surface area contributed by atoms with E-state index in [1.54, 1.807) is 23.1 Å². The van der Waals surface area contributed by atoms with E-state index in [4.69, 9.17) is 0 Å². The van der Waals surface area contributed by atoms with Gasteiger partial charge in [0, 0.05) is 19.0 Å². The molecule has 96 valence electrons. The summed E-state index contributed by atoms with van der Waals surface area (Å²) < 4.78 is 0.915. The second-order valence-corrected chi connectivity index (χ2v) is 6.13. The van der Waals surface area contributed by atoms with Gasteiger partial charge in [-0.15, -0.1) is 10.2 Å². The minimum absolute atomic E-state index is 0.817. The summed E-state index contributed by atoms with van der Waals surface area (Å²) in [6.07, 6.45) is 0.817. The van der Waals surface area contributed by atoms with Crippen LogP contribution < -0.4 is 5.32 Å². The highest BCUT2D eigenvalue weighted by atomic mass is 32.2. The van der Waals surface area contributed by atoms with Gasteiger partial charge in [0.15, 0.2) is 4.34 Å². The van der Waals surface area contributed by atoms with Crippen LogP contribution in [0.15, 0.2) is 9.37 Å². The lowest BCUT2D eigenvalue weighted by Crippen LogP contribution is -2.03. The van der Waals surface area contributed by atoms with Crippen molar-refractivity contribution in [3.63, 3.8) is 0 Å². The fraction of sp³-hybridized carbons (Fsp3) is 0.455. The van der Waals surface area contributed by atoms with Gasteiger partial charge in [0.1, 0.15) is 21.7 Å². The lowest BCUT2D eigenvalue weighted by molar-refractivity contribution is 0.873. The third-order valence-corrected chi connectivity index (χ3v) is 4.37. The Morgan fingerprint density at radius 2 is 2.00 bits per heavy atom. The number of nitrogens with one attached hydrogen (secondary N) is 1. The Bertz CT molecular complexity index is 552. The third kappa shape index (κ3) is 2.78. The molecule has 0 aliphatic carbocycles. The van der Waals surface area contributed by atoms with Crippen molar-refractivity contribution in [2.24, 2.45) is 0 Å². The normalized spacial score (nSPS) is 10.7. The van der Waals surface area contributed by atoms with Gasteiger partial charge in [-0.05, 0) is 25.6 Å². The molecule has 0 aromatic carbocycles. The molecule has 0 unspecified atom stereocenters. The van der Waals surface area contributed by atoms with Gasteiger partial charge in [0.05, 0.1) is 0 Å². The van der Waals surface area contributed by atoms with Crippen LogP contribution in [0.5, 0.6) is 0 Å². The summed E-state index contributed by atoms with van der Waals surface area (Å²) in [5.41, 5.74) is 1.05. The lowest BCUT2D eigenvalue weighted by Gasteiger charge is -2.09. The molecule has 2 aromatic rings. The van der Waals surface area contributed by atoms with Gasteiger partial charge in [-0.1, -0.05) is 18.3 Å². The fourth-order valence-corrected chi connectivity index (χ4v) is 3.27. The highest BCUT2D eigenvalue weighted by Gasteiger charge is 2.12. The van der Waals surface area contributed by atoms with E-state index in [0.29, 0.717) is 0 Å².